The largest absolute Gasteiger partial charge is 0.492 e. The molecule has 0 fully saturated rings. The van der Waals surface area contributed by atoms with Crippen LogP contribution in [0.15, 0.2) is 22.1 Å². The van der Waals surface area contributed by atoms with Gasteiger partial charge >= 0.3 is 0 Å². The lowest BCUT2D eigenvalue weighted by Crippen LogP contribution is -2.14. The fourth-order valence-corrected chi connectivity index (χ4v) is 2.42. The second-order valence-corrected chi connectivity index (χ2v) is 5.09. The van der Waals surface area contributed by atoms with Crippen LogP contribution in [0.25, 0.3) is 11.3 Å². The van der Waals surface area contributed by atoms with E-state index in [9.17, 15) is 9.18 Å². The van der Waals surface area contributed by atoms with Gasteiger partial charge in [0.1, 0.15) is 11.6 Å². The first kappa shape index (κ1) is 15.4. The molecule has 5 nitrogen and oxygen atoms in total. The molecule has 2 rings (SSSR count). The van der Waals surface area contributed by atoms with E-state index in [0.29, 0.717) is 5.16 Å². The van der Waals surface area contributed by atoms with Crippen LogP contribution in [0.2, 0.25) is 5.02 Å². The first-order chi connectivity index (χ1) is 10.0. The van der Waals surface area contributed by atoms with Gasteiger partial charge in [-0.05, 0) is 18.4 Å². The molecule has 2 aromatic rings. The zero-order chi connectivity index (χ0) is 15.6. The molecule has 0 bridgehead atoms. The predicted molar refractivity (Wildman–Crippen MR) is 78.3 cm³/mol. The zero-order valence-corrected chi connectivity index (χ0v) is 12.6. The number of nitriles is 1. The first-order valence-corrected chi connectivity index (χ1v) is 7.24. The highest BCUT2D eigenvalue weighted by Gasteiger charge is 2.17. The third-order valence-electron chi connectivity index (χ3n) is 2.68. The third kappa shape index (κ3) is 2.86. The molecular weight excluding hydrogens is 317 g/mol. The average molecular weight is 326 g/mol. The maximum atomic E-state index is 13.9. The quantitative estimate of drug-likeness (QED) is 0.693. The van der Waals surface area contributed by atoms with Crippen molar-refractivity contribution in [1.29, 1.82) is 5.26 Å². The van der Waals surface area contributed by atoms with Gasteiger partial charge in [0.25, 0.3) is 5.56 Å². The summed E-state index contributed by atoms with van der Waals surface area (Å²) in [6, 6.07) is 4.29. The van der Waals surface area contributed by atoms with Crippen molar-refractivity contribution in [3.63, 3.8) is 0 Å². The lowest BCUT2D eigenvalue weighted by molar-refractivity contribution is 0.387. The van der Waals surface area contributed by atoms with Crippen LogP contribution in [0, 0.1) is 17.1 Å². The summed E-state index contributed by atoms with van der Waals surface area (Å²) in [4.78, 5) is 18.4. The van der Waals surface area contributed by atoms with Gasteiger partial charge in [0.05, 0.1) is 17.8 Å². The van der Waals surface area contributed by atoms with E-state index in [-0.39, 0.29) is 27.6 Å². The molecule has 21 heavy (non-hydrogen) atoms. The normalized spacial score (nSPS) is 10.2. The summed E-state index contributed by atoms with van der Waals surface area (Å²) < 4.78 is 18.7. The number of ether oxygens (including phenoxy) is 1. The number of benzene rings is 1. The summed E-state index contributed by atoms with van der Waals surface area (Å²) in [6.07, 6.45) is 1.72. The van der Waals surface area contributed by atoms with Gasteiger partial charge in [-0.15, -0.1) is 0 Å². The number of hydrogen-bond acceptors (Lipinski definition) is 5. The maximum Gasteiger partial charge on any atom is 0.270 e. The van der Waals surface area contributed by atoms with E-state index in [0.717, 1.165) is 6.07 Å². The average Bonchev–Trinajstić information content (AvgIpc) is 2.45. The summed E-state index contributed by atoms with van der Waals surface area (Å²) >= 11 is 7.13. The van der Waals surface area contributed by atoms with E-state index in [2.05, 4.69) is 9.97 Å². The molecule has 0 radical (unpaired) electrons. The van der Waals surface area contributed by atoms with Crippen molar-refractivity contribution >= 4 is 23.4 Å². The molecule has 0 spiro atoms. The van der Waals surface area contributed by atoms with Crippen molar-refractivity contribution in [2.24, 2.45) is 0 Å². The Hall–Kier alpha value is -2.04. The molecule has 0 unspecified atom stereocenters. The number of thioether (sulfide) groups is 1. The van der Waals surface area contributed by atoms with E-state index >= 15 is 0 Å². The van der Waals surface area contributed by atoms with Crippen LogP contribution >= 0.6 is 23.4 Å². The summed E-state index contributed by atoms with van der Waals surface area (Å²) in [7, 11) is 1.29. The molecule has 1 aromatic carbocycles. The van der Waals surface area contributed by atoms with Crippen molar-refractivity contribution in [2.75, 3.05) is 13.4 Å². The number of aromatic amines is 1. The van der Waals surface area contributed by atoms with Crippen LogP contribution in [0.5, 0.6) is 5.75 Å². The molecule has 1 N–H and O–H groups in total. The highest BCUT2D eigenvalue weighted by molar-refractivity contribution is 7.98. The van der Waals surface area contributed by atoms with E-state index < -0.39 is 11.4 Å². The molecule has 0 saturated heterocycles. The molecule has 0 aliphatic carbocycles. The van der Waals surface area contributed by atoms with Crippen LogP contribution in [0.3, 0.4) is 0 Å². The van der Waals surface area contributed by atoms with Crippen LogP contribution in [0.1, 0.15) is 5.56 Å². The first-order valence-electron chi connectivity index (χ1n) is 5.63. The number of methoxy groups -OCH3 is 1. The van der Waals surface area contributed by atoms with Crippen LogP contribution in [-0.4, -0.2) is 23.3 Å². The SMILES string of the molecule is COc1c(F)cc(-c2nc(SC)[nH]c(=O)c2C#N)cc1Cl. The Morgan fingerprint density at radius 1 is 1.52 bits per heavy atom. The van der Waals surface area contributed by atoms with E-state index in [1.165, 1.54) is 24.9 Å². The molecular formula is C13H9ClFN3O2S. The van der Waals surface area contributed by atoms with Gasteiger partial charge in [-0.1, -0.05) is 23.4 Å². The standard InChI is InChI=1S/C13H9ClFN3O2S/c1-20-11-8(14)3-6(4-9(11)15)10-7(5-16)12(19)18-13(17-10)21-2/h3-4H,1-2H3,(H,17,18,19). The molecule has 0 aliphatic heterocycles. The Morgan fingerprint density at radius 3 is 2.76 bits per heavy atom. The Balaban J connectivity index is 2.75. The minimum Gasteiger partial charge on any atom is -0.492 e. The van der Waals surface area contributed by atoms with Gasteiger partial charge < -0.3 is 9.72 Å². The molecule has 1 heterocycles. The smallest absolute Gasteiger partial charge is 0.270 e. The molecule has 108 valence electrons. The van der Waals surface area contributed by atoms with Crippen molar-refractivity contribution in [3.05, 3.63) is 38.9 Å². The fraction of sp³-hybridized carbons (Fsp3) is 0.154. The number of aromatic nitrogens is 2. The molecule has 8 heteroatoms. The lowest BCUT2D eigenvalue weighted by Gasteiger charge is -2.09. The molecule has 0 saturated carbocycles. The monoisotopic (exact) mass is 325 g/mol. The van der Waals surface area contributed by atoms with Gasteiger partial charge in [0.15, 0.2) is 16.7 Å². The van der Waals surface area contributed by atoms with E-state index in [4.69, 9.17) is 21.6 Å². The summed E-state index contributed by atoms with van der Waals surface area (Å²) in [5.41, 5.74) is -0.474. The Labute approximate surface area is 128 Å². The second kappa shape index (κ2) is 6.16. The van der Waals surface area contributed by atoms with Gasteiger partial charge in [-0.2, -0.15) is 5.26 Å². The van der Waals surface area contributed by atoms with Crippen LogP contribution < -0.4 is 10.3 Å². The number of rotatable bonds is 3. The third-order valence-corrected chi connectivity index (χ3v) is 3.54. The maximum absolute atomic E-state index is 13.9. The predicted octanol–water partition coefficient (Wildman–Crippen LogP) is 2.83. The van der Waals surface area contributed by atoms with Gasteiger partial charge in [0.2, 0.25) is 0 Å². The number of hydrogen-bond donors (Lipinski definition) is 1. The van der Waals surface area contributed by atoms with Gasteiger partial charge in [-0.3, -0.25) is 4.79 Å². The van der Waals surface area contributed by atoms with Gasteiger partial charge in [-0.25, -0.2) is 9.37 Å². The Bertz CT molecular complexity index is 778. The topological polar surface area (TPSA) is 78.8 Å². The number of H-pyrrole nitrogens is 1. The Morgan fingerprint density at radius 2 is 2.24 bits per heavy atom. The molecule has 0 aliphatic rings. The Kier molecular flexibility index (Phi) is 4.50. The minimum absolute atomic E-state index is 0.0316. The van der Waals surface area contributed by atoms with E-state index in [1.807, 2.05) is 0 Å². The van der Waals surface area contributed by atoms with Crippen LogP contribution in [-0.2, 0) is 0 Å². The highest BCUT2D eigenvalue weighted by atomic mass is 35.5. The van der Waals surface area contributed by atoms with Crippen LogP contribution in [0.4, 0.5) is 4.39 Å². The molecule has 0 atom stereocenters. The summed E-state index contributed by atoms with van der Waals surface area (Å²) in [6.45, 7) is 0. The number of nitrogens with zero attached hydrogens (tertiary/aromatic N) is 2. The number of halogens is 2. The van der Waals surface area contributed by atoms with E-state index in [1.54, 1.807) is 12.3 Å². The zero-order valence-electron chi connectivity index (χ0n) is 11.0. The second-order valence-electron chi connectivity index (χ2n) is 3.88. The summed E-state index contributed by atoms with van der Waals surface area (Å²) in [5, 5.41) is 9.45. The van der Waals surface area contributed by atoms with Gasteiger partial charge in [0, 0.05) is 5.56 Å². The number of nitrogens with one attached hydrogen (secondary N) is 1. The fourth-order valence-electron chi connectivity index (χ4n) is 1.75. The van der Waals surface area contributed by atoms with Crippen molar-refractivity contribution in [2.45, 2.75) is 5.16 Å². The highest BCUT2D eigenvalue weighted by Crippen LogP contribution is 2.33. The minimum atomic E-state index is -0.698. The van der Waals surface area contributed by atoms with Crippen molar-refractivity contribution in [3.8, 4) is 23.1 Å². The van der Waals surface area contributed by atoms with Crippen molar-refractivity contribution < 1.29 is 9.13 Å². The summed E-state index contributed by atoms with van der Waals surface area (Å²) in [5.74, 6) is -0.800. The molecule has 0 amide bonds. The lowest BCUT2D eigenvalue weighted by atomic mass is 10.1. The van der Waals surface area contributed by atoms with Crippen molar-refractivity contribution in [1.82, 2.24) is 9.97 Å². The molecule has 1 aromatic heterocycles.